The Morgan fingerprint density at radius 1 is 1.10 bits per heavy atom. The Bertz CT molecular complexity index is 523. The molecule has 1 fully saturated rings. The minimum absolute atomic E-state index is 0.601. The van der Waals surface area contributed by atoms with Gasteiger partial charge in [0.1, 0.15) is 0 Å². The molecule has 1 aliphatic rings. The standard InChI is InChI=1S/C9H13N3.C7H10N2/c1-2-6-12(7-3-1)9-4-5-10-11-8-9;1-6-4-7(5-8)2-3-9-6/h4-5,8H,1-3,6-7H2;2-4H,5,8H2,1H3. The molecule has 0 radical (unpaired) electrons. The summed E-state index contributed by atoms with van der Waals surface area (Å²) in [5.74, 6) is 0. The Morgan fingerprint density at radius 3 is 2.48 bits per heavy atom. The van der Waals surface area contributed by atoms with Crippen molar-refractivity contribution in [3.63, 3.8) is 0 Å². The van der Waals surface area contributed by atoms with Crippen LogP contribution in [0, 0.1) is 6.92 Å². The fourth-order valence-electron chi connectivity index (χ4n) is 2.35. The maximum absolute atomic E-state index is 5.39. The van der Waals surface area contributed by atoms with Crippen molar-refractivity contribution in [3.8, 4) is 0 Å². The molecule has 0 spiro atoms. The van der Waals surface area contributed by atoms with Crippen LogP contribution in [0.4, 0.5) is 5.69 Å². The molecule has 2 N–H and O–H groups in total. The fourth-order valence-corrected chi connectivity index (χ4v) is 2.35. The first-order valence-electron chi connectivity index (χ1n) is 7.43. The van der Waals surface area contributed by atoms with Crippen molar-refractivity contribution >= 4 is 5.69 Å². The van der Waals surface area contributed by atoms with Crippen molar-refractivity contribution in [3.05, 3.63) is 48.0 Å². The average Bonchev–Trinajstić information content (AvgIpc) is 2.57. The third-order valence-electron chi connectivity index (χ3n) is 3.49. The zero-order valence-corrected chi connectivity index (χ0v) is 12.6. The fraction of sp³-hybridized carbons (Fsp3) is 0.438. The molecule has 21 heavy (non-hydrogen) atoms. The van der Waals surface area contributed by atoms with Crippen molar-refractivity contribution in [2.24, 2.45) is 5.73 Å². The maximum Gasteiger partial charge on any atom is 0.0729 e. The van der Waals surface area contributed by atoms with E-state index in [9.17, 15) is 0 Å². The van der Waals surface area contributed by atoms with Crippen LogP contribution in [0.1, 0.15) is 30.5 Å². The van der Waals surface area contributed by atoms with Crippen molar-refractivity contribution in [1.82, 2.24) is 15.2 Å². The van der Waals surface area contributed by atoms with E-state index in [0.717, 1.165) is 11.3 Å². The van der Waals surface area contributed by atoms with Crippen LogP contribution in [0.2, 0.25) is 0 Å². The van der Waals surface area contributed by atoms with E-state index in [4.69, 9.17) is 5.73 Å². The van der Waals surface area contributed by atoms with Crippen LogP contribution in [0.15, 0.2) is 36.8 Å². The lowest BCUT2D eigenvalue weighted by atomic mass is 10.1. The third-order valence-corrected chi connectivity index (χ3v) is 3.49. The van der Waals surface area contributed by atoms with Gasteiger partial charge < -0.3 is 10.6 Å². The second-order valence-electron chi connectivity index (χ2n) is 5.16. The lowest BCUT2D eigenvalue weighted by molar-refractivity contribution is 0.577. The van der Waals surface area contributed by atoms with Crippen LogP contribution in [-0.2, 0) is 6.54 Å². The monoisotopic (exact) mass is 285 g/mol. The van der Waals surface area contributed by atoms with Crippen LogP contribution >= 0.6 is 0 Å². The Hall–Kier alpha value is -2.01. The highest BCUT2D eigenvalue weighted by Crippen LogP contribution is 2.17. The molecule has 0 aromatic carbocycles. The van der Waals surface area contributed by atoms with Gasteiger partial charge in [-0.25, -0.2) is 0 Å². The highest BCUT2D eigenvalue weighted by molar-refractivity contribution is 5.42. The van der Waals surface area contributed by atoms with Gasteiger partial charge in [0.25, 0.3) is 0 Å². The van der Waals surface area contributed by atoms with Crippen molar-refractivity contribution in [2.75, 3.05) is 18.0 Å². The first kappa shape index (κ1) is 15.4. The van der Waals surface area contributed by atoms with Gasteiger partial charge in [-0.2, -0.15) is 10.2 Å². The number of aromatic nitrogens is 3. The van der Waals surface area contributed by atoms with E-state index in [0.29, 0.717) is 6.54 Å². The lowest BCUT2D eigenvalue weighted by Crippen LogP contribution is -2.29. The van der Waals surface area contributed by atoms with Gasteiger partial charge in [-0.3, -0.25) is 4.98 Å². The van der Waals surface area contributed by atoms with Gasteiger partial charge >= 0.3 is 0 Å². The molecule has 0 atom stereocenters. The van der Waals surface area contributed by atoms with Gasteiger partial charge in [-0.05, 0) is 49.9 Å². The van der Waals surface area contributed by atoms with E-state index < -0.39 is 0 Å². The molecular formula is C16H23N5. The van der Waals surface area contributed by atoms with Gasteiger partial charge in [0.05, 0.1) is 18.1 Å². The second-order valence-corrected chi connectivity index (χ2v) is 5.16. The predicted molar refractivity (Wildman–Crippen MR) is 85.0 cm³/mol. The largest absolute Gasteiger partial charge is 0.370 e. The van der Waals surface area contributed by atoms with Crippen molar-refractivity contribution < 1.29 is 0 Å². The quantitative estimate of drug-likeness (QED) is 0.917. The minimum atomic E-state index is 0.601. The molecule has 112 valence electrons. The average molecular weight is 285 g/mol. The summed E-state index contributed by atoms with van der Waals surface area (Å²) in [5, 5.41) is 7.63. The summed E-state index contributed by atoms with van der Waals surface area (Å²) in [7, 11) is 0. The molecule has 1 saturated heterocycles. The SMILES string of the molecule is Cc1cc(CN)ccn1.c1cc(N2CCCCC2)cnn1. The molecule has 1 aliphatic heterocycles. The minimum Gasteiger partial charge on any atom is -0.370 e. The molecular weight excluding hydrogens is 262 g/mol. The zero-order chi connectivity index (χ0) is 14.9. The second kappa shape index (κ2) is 8.32. The topological polar surface area (TPSA) is 67.9 Å². The Balaban J connectivity index is 0.000000161. The molecule has 2 aromatic rings. The summed E-state index contributed by atoms with van der Waals surface area (Å²) < 4.78 is 0. The first-order valence-corrected chi connectivity index (χ1v) is 7.43. The Kier molecular flexibility index (Phi) is 6.09. The van der Waals surface area contributed by atoms with Gasteiger partial charge in [0, 0.05) is 31.5 Å². The number of rotatable bonds is 2. The van der Waals surface area contributed by atoms with Crippen LogP contribution in [0.25, 0.3) is 0 Å². The van der Waals surface area contributed by atoms with Gasteiger partial charge in [0.15, 0.2) is 0 Å². The van der Waals surface area contributed by atoms with E-state index in [1.807, 2.05) is 31.3 Å². The number of hydrogen-bond donors (Lipinski definition) is 1. The predicted octanol–water partition coefficient (Wildman–Crippen LogP) is 2.32. The van der Waals surface area contributed by atoms with Crippen LogP contribution < -0.4 is 10.6 Å². The summed E-state index contributed by atoms with van der Waals surface area (Å²) in [6, 6.07) is 5.94. The number of nitrogens with zero attached hydrogens (tertiary/aromatic N) is 4. The van der Waals surface area contributed by atoms with E-state index in [1.54, 1.807) is 12.4 Å². The molecule has 3 rings (SSSR count). The van der Waals surface area contributed by atoms with E-state index >= 15 is 0 Å². The molecule has 5 heteroatoms. The van der Waals surface area contributed by atoms with Crippen molar-refractivity contribution in [1.29, 1.82) is 0 Å². The third kappa shape index (κ3) is 5.11. The smallest absolute Gasteiger partial charge is 0.0729 e. The molecule has 3 heterocycles. The van der Waals surface area contributed by atoms with Gasteiger partial charge in [0.2, 0.25) is 0 Å². The van der Waals surface area contributed by atoms with Crippen LogP contribution in [0.5, 0.6) is 0 Å². The number of piperidine rings is 1. The summed E-state index contributed by atoms with van der Waals surface area (Å²) in [6.45, 7) is 4.90. The molecule has 5 nitrogen and oxygen atoms in total. The van der Waals surface area contributed by atoms with Crippen LogP contribution in [0.3, 0.4) is 0 Å². The number of anilines is 1. The summed E-state index contributed by atoms with van der Waals surface area (Å²) in [4.78, 5) is 6.41. The molecule has 0 bridgehead atoms. The number of hydrogen-bond acceptors (Lipinski definition) is 5. The van der Waals surface area contributed by atoms with E-state index in [2.05, 4.69) is 20.1 Å². The zero-order valence-electron chi connectivity index (χ0n) is 12.6. The molecule has 0 saturated carbocycles. The number of nitrogens with two attached hydrogens (primary N) is 1. The number of aryl methyl sites for hydroxylation is 1. The lowest BCUT2D eigenvalue weighted by Gasteiger charge is -2.27. The van der Waals surface area contributed by atoms with E-state index in [-0.39, 0.29) is 0 Å². The van der Waals surface area contributed by atoms with Crippen LogP contribution in [-0.4, -0.2) is 28.3 Å². The molecule has 0 unspecified atom stereocenters. The highest BCUT2D eigenvalue weighted by Gasteiger charge is 2.09. The Morgan fingerprint density at radius 2 is 1.90 bits per heavy atom. The molecule has 0 aliphatic carbocycles. The van der Waals surface area contributed by atoms with Gasteiger partial charge in [-0.1, -0.05) is 0 Å². The molecule has 0 amide bonds. The summed E-state index contributed by atoms with van der Waals surface area (Å²) in [6.07, 6.45) is 9.35. The Labute approximate surface area is 126 Å². The summed E-state index contributed by atoms with van der Waals surface area (Å²) >= 11 is 0. The maximum atomic E-state index is 5.39. The van der Waals surface area contributed by atoms with Crippen molar-refractivity contribution in [2.45, 2.75) is 32.7 Å². The highest BCUT2D eigenvalue weighted by atomic mass is 15.2. The summed E-state index contributed by atoms with van der Waals surface area (Å²) in [5.41, 5.74) is 8.77. The normalized spacial score (nSPS) is 14.3. The molecule has 2 aromatic heterocycles. The van der Waals surface area contributed by atoms with Gasteiger partial charge in [-0.15, -0.1) is 0 Å². The number of pyridine rings is 1. The van der Waals surface area contributed by atoms with E-state index in [1.165, 1.54) is 38.0 Å². The first-order chi connectivity index (χ1) is 10.3.